The Labute approximate surface area is 116 Å². The molecule has 0 aliphatic rings. The van der Waals surface area contributed by atoms with Crippen LogP contribution in [-0.2, 0) is 48.5 Å². The van der Waals surface area contributed by atoms with Crippen LogP contribution in [0.3, 0.4) is 0 Å². The fourth-order valence-corrected chi connectivity index (χ4v) is 0.508. The van der Waals surface area contributed by atoms with Crippen LogP contribution >= 0.6 is 0 Å². The largest absolute Gasteiger partial charge is 0.512 e. The molecule has 4 nitrogen and oxygen atoms in total. The first-order valence-corrected chi connectivity index (χ1v) is 3.99. The maximum Gasteiger partial charge on any atom is 0.303 e. The molecule has 0 fully saturated rings. The van der Waals surface area contributed by atoms with E-state index < -0.39 is 5.97 Å². The van der Waals surface area contributed by atoms with Crippen LogP contribution in [0, 0.1) is 0 Å². The summed E-state index contributed by atoms with van der Waals surface area (Å²) in [6, 6.07) is 0. The van der Waals surface area contributed by atoms with Gasteiger partial charge in [0.25, 0.3) is 0 Å². The Morgan fingerprint density at radius 3 is 1.53 bits per heavy atom. The van der Waals surface area contributed by atoms with Gasteiger partial charge in [-0.25, -0.2) is 0 Å². The number of hydrogen-bond acceptors (Lipinski definition) is 3. The van der Waals surface area contributed by atoms with Gasteiger partial charge in [0, 0.05) is 51.5 Å². The van der Waals surface area contributed by atoms with Gasteiger partial charge in [-0.05, 0) is 20.3 Å². The summed E-state index contributed by atoms with van der Waals surface area (Å²) in [4.78, 5) is 19.6. The molecule has 0 spiro atoms. The van der Waals surface area contributed by atoms with Gasteiger partial charge in [0.15, 0.2) is 5.78 Å². The van der Waals surface area contributed by atoms with E-state index in [1.165, 1.54) is 19.9 Å². The summed E-state index contributed by atoms with van der Waals surface area (Å²) in [5.74, 6) is -0.773. The minimum absolute atomic E-state index is 0. The monoisotopic (exact) mass is 316 g/mol. The number of aliphatic hydroxyl groups is 1. The molecule has 0 aliphatic heterocycles. The van der Waals surface area contributed by atoms with Crippen LogP contribution in [0.2, 0.25) is 0 Å². The van der Waals surface area contributed by atoms with Crippen LogP contribution in [-0.4, -0.2) is 22.0 Å². The second-order valence-corrected chi connectivity index (χ2v) is 2.54. The Bertz CT molecular complexity index is 198. The first-order chi connectivity index (χ1) is 5.90. The molecule has 0 aromatic carbocycles. The van der Waals surface area contributed by atoms with Gasteiger partial charge < -0.3 is 10.2 Å². The molecular formula is C9H16O4Zn2. The minimum atomic E-state index is -0.711. The molecule has 6 heteroatoms. The third-order valence-electron chi connectivity index (χ3n) is 0.876. The van der Waals surface area contributed by atoms with E-state index in [0.29, 0.717) is 6.42 Å². The Kier molecular flexibility index (Phi) is 26.4. The van der Waals surface area contributed by atoms with E-state index >= 15 is 0 Å². The quantitative estimate of drug-likeness (QED) is 0.473. The molecule has 2 N–H and O–H groups in total. The number of rotatable bonds is 3. The molecule has 0 amide bonds. The van der Waals surface area contributed by atoms with Crippen molar-refractivity contribution >= 4 is 11.8 Å². The predicted molar refractivity (Wildman–Crippen MR) is 49.6 cm³/mol. The molecule has 0 aromatic heterocycles. The molecule has 0 rings (SSSR count). The third kappa shape index (κ3) is 41.3. The van der Waals surface area contributed by atoms with Crippen molar-refractivity contribution in [2.45, 2.75) is 33.6 Å². The molecule has 0 aromatic rings. The van der Waals surface area contributed by atoms with Gasteiger partial charge in [0.1, 0.15) is 0 Å². The molecule has 0 heterocycles. The Morgan fingerprint density at radius 2 is 1.53 bits per heavy atom. The Hall–Kier alpha value is -0.0732. The van der Waals surface area contributed by atoms with Gasteiger partial charge in [-0.3, -0.25) is 9.59 Å². The van der Waals surface area contributed by atoms with Crippen molar-refractivity contribution in [2.24, 2.45) is 0 Å². The third-order valence-corrected chi connectivity index (χ3v) is 0.876. The number of carboxylic acid groups (broad SMARTS) is 1. The summed E-state index contributed by atoms with van der Waals surface area (Å²) in [7, 11) is 0. The zero-order valence-corrected chi connectivity index (χ0v) is 15.6. The summed E-state index contributed by atoms with van der Waals surface area (Å²) in [6.07, 6.45) is 2.19. The SMILES string of the molecule is CC(=O)/C=C(/C)O.CCCC(=O)O.[Zn].[Zn]. The van der Waals surface area contributed by atoms with Gasteiger partial charge in [-0.15, -0.1) is 0 Å². The number of aliphatic carboxylic acids is 1. The predicted octanol–water partition coefficient (Wildman–Crippen LogP) is 1.90. The van der Waals surface area contributed by atoms with E-state index in [9.17, 15) is 9.59 Å². The number of ketones is 1. The zero-order valence-electron chi connectivity index (χ0n) is 9.62. The van der Waals surface area contributed by atoms with Gasteiger partial charge in [0.2, 0.25) is 0 Å². The molecule has 0 saturated heterocycles. The van der Waals surface area contributed by atoms with Gasteiger partial charge >= 0.3 is 5.97 Å². The molecule has 0 saturated carbocycles. The molecule has 0 unspecified atom stereocenters. The first-order valence-electron chi connectivity index (χ1n) is 3.99. The fourth-order valence-electron chi connectivity index (χ4n) is 0.508. The number of allylic oxidation sites excluding steroid dienone is 2. The summed E-state index contributed by atoms with van der Waals surface area (Å²) in [5, 5.41) is 16.3. The number of carbonyl (C=O) groups excluding carboxylic acids is 1. The van der Waals surface area contributed by atoms with E-state index in [4.69, 9.17) is 10.2 Å². The summed E-state index contributed by atoms with van der Waals surface area (Å²) < 4.78 is 0. The topological polar surface area (TPSA) is 74.6 Å². The van der Waals surface area contributed by atoms with Gasteiger partial charge in [0.05, 0.1) is 5.76 Å². The maximum atomic E-state index is 10.0. The number of carbonyl (C=O) groups is 2. The fraction of sp³-hybridized carbons (Fsp3) is 0.556. The average Bonchev–Trinajstić information content (AvgIpc) is 1.83. The molecule has 0 aliphatic carbocycles. The second kappa shape index (κ2) is 16.4. The van der Waals surface area contributed by atoms with Gasteiger partial charge in [-0.1, -0.05) is 6.92 Å². The summed E-state index contributed by atoms with van der Waals surface area (Å²) in [5.41, 5.74) is 0. The van der Waals surface area contributed by atoms with Crippen molar-refractivity contribution in [3.05, 3.63) is 11.8 Å². The normalized spacial score (nSPS) is 8.60. The first kappa shape index (κ1) is 24.2. The molecule has 0 radical (unpaired) electrons. The van der Waals surface area contributed by atoms with Crippen LogP contribution in [0.25, 0.3) is 0 Å². The maximum absolute atomic E-state index is 10.0. The Balaban J connectivity index is -0.0000000718. The van der Waals surface area contributed by atoms with Crippen molar-refractivity contribution in [1.29, 1.82) is 0 Å². The molecule has 0 bridgehead atoms. The van der Waals surface area contributed by atoms with E-state index in [0.717, 1.165) is 6.42 Å². The average molecular weight is 319 g/mol. The van der Waals surface area contributed by atoms with E-state index in [1.54, 1.807) is 0 Å². The summed E-state index contributed by atoms with van der Waals surface area (Å²) >= 11 is 0. The van der Waals surface area contributed by atoms with Crippen molar-refractivity contribution in [3.63, 3.8) is 0 Å². The number of hydrogen-bond donors (Lipinski definition) is 2. The molecular weight excluding hydrogens is 303 g/mol. The van der Waals surface area contributed by atoms with Crippen LogP contribution in [0.4, 0.5) is 0 Å². The second-order valence-electron chi connectivity index (χ2n) is 2.54. The van der Waals surface area contributed by atoms with Crippen molar-refractivity contribution in [2.75, 3.05) is 0 Å². The van der Waals surface area contributed by atoms with Crippen LogP contribution in [0.1, 0.15) is 33.6 Å². The van der Waals surface area contributed by atoms with Crippen LogP contribution < -0.4 is 0 Å². The van der Waals surface area contributed by atoms with Crippen LogP contribution in [0.15, 0.2) is 11.8 Å². The smallest absolute Gasteiger partial charge is 0.303 e. The van der Waals surface area contributed by atoms with Crippen molar-refractivity contribution in [3.8, 4) is 0 Å². The van der Waals surface area contributed by atoms with Gasteiger partial charge in [-0.2, -0.15) is 0 Å². The van der Waals surface area contributed by atoms with E-state index in [-0.39, 0.29) is 50.5 Å². The van der Waals surface area contributed by atoms with Crippen molar-refractivity contribution < 1.29 is 58.8 Å². The van der Waals surface area contributed by atoms with Crippen molar-refractivity contribution in [1.82, 2.24) is 0 Å². The molecule has 0 atom stereocenters. The molecule has 80 valence electrons. The van der Waals surface area contributed by atoms with Crippen LogP contribution in [0.5, 0.6) is 0 Å². The zero-order chi connectivity index (χ0) is 10.9. The standard InChI is InChI=1S/C5H8O2.C4H8O2.2Zn/c1-4(6)3-5(2)7;1-2-3-4(5)6;;/h3,6H,1-2H3;2-3H2,1H3,(H,5,6);;/b4-3-;;;. The summed E-state index contributed by atoms with van der Waals surface area (Å²) in [6.45, 7) is 4.69. The Morgan fingerprint density at radius 1 is 1.13 bits per heavy atom. The van der Waals surface area contributed by atoms with E-state index in [2.05, 4.69) is 0 Å². The minimum Gasteiger partial charge on any atom is -0.512 e. The molecule has 15 heavy (non-hydrogen) atoms. The number of carboxylic acids is 1. The number of aliphatic hydroxyl groups excluding tert-OH is 1. The van der Waals surface area contributed by atoms with E-state index in [1.807, 2.05) is 6.92 Å².